The van der Waals surface area contributed by atoms with E-state index in [1.54, 1.807) is 5.32 Å². The Balaban J connectivity index is 1.75. The highest BCUT2D eigenvalue weighted by atomic mass is 19.4. The second kappa shape index (κ2) is 11.1. The van der Waals surface area contributed by atoms with Gasteiger partial charge in [-0.2, -0.15) is 13.2 Å². The van der Waals surface area contributed by atoms with Crippen molar-refractivity contribution in [1.29, 1.82) is 0 Å². The second-order valence-corrected chi connectivity index (χ2v) is 9.99. The third-order valence-electron chi connectivity index (χ3n) is 6.71. The number of anilines is 1. The van der Waals surface area contributed by atoms with E-state index < -0.39 is 72.2 Å². The fourth-order valence-electron chi connectivity index (χ4n) is 4.59. The number of halogens is 7. The number of benzene rings is 1. The molecule has 2 N–H and O–H groups in total. The number of rotatable bonds is 8. The summed E-state index contributed by atoms with van der Waals surface area (Å²) in [5, 5.41) is 4.61. The maximum atomic E-state index is 15.8. The molecule has 8 nitrogen and oxygen atoms in total. The number of carbonyl (C=O) groups is 1. The van der Waals surface area contributed by atoms with Gasteiger partial charge in [-0.1, -0.05) is 18.2 Å². The summed E-state index contributed by atoms with van der Waals surface area (Å²) in [5.74, 6) is -3.08. The minimum atomic E-state index is -4.92. The van der Waals surface area contributed by atoms with Crippen molar-refractivity contribution >= 4 is 11.7 Å². The maximum absolute atomic E-state index is 15.8. The largest absolute Gasteiger partial charge is 0.413 e. The van der Waals surface area contributed by atoms with Gasteiger partial charge in [0.25, 0.3) is 12.3 Å². The van der Waals surface area contributed by atoms with Crippen LogP contribution in [0.1, 0.15) is 67.4 Å². The van der Waals surface area contributed by atoms with Gasteiger partial charge < -0.3 is 24.8 Å². The first kappa shape index (κ1) is 29.9. The van der Waals surface area contributed by atoms with Gasteiger partial charge in [0, 0.05) is 18.6 Å². The van der Waals surface area contributed by atoms with Gasteiger partial charge in [-0.05, 0) is 20.8 Å². The first-order valence-corrected chi connectivity index (χ1v) is 12.2. The lowest BCUT2D eigenvalue weighted by molar-refractivity contribution is -0.198. The lowest BCUT2D eigenvalue weighted by Gasteiger charge is -2.32. The summed E-state index contributed by atoms with van der Waals surface area (Å²) in [5.41, 5.74) is -6.11. The normalized spacial score (nSPS) is 21.2. The van der Waals surface area contributed by atoms with Crippen LogP contribution in [-0.2, 0) is 24.5 Å². The van der Waals surface area contributed by atoms with Crippen molar-refractivity contribution in [3.05, 3.63) is 52.2 Å². The van der Waals surface area contributed by atoms with Crippen LogP contribution in [0.2, 0.25) is 0 Å². The average Bonchev–Trinajstić information content (AvgIpc) is 3.55. The fourth-order valence-corrected chi connectivity index (χ4v) is 4.59. The van der Waals surface area contributed by atoms with Crippen LogP contribution in [0.5, 0.6) is 0 Å². The molecule has 2 aliphatic rings. The predicted octanol–water partition coefficient (Wildman–Crippen LogP) is 5.10. The molecule has 220 valence electrons. The summed E-state index contributed by atoms with van der Waals surface area (Å²) in [6.07, 6.45) is -12.7. The highest BCUT2D eigenvalue weighted by molar-refractivity contribution is 5.83. The molecular weight excluding hydrogens is 553 g/mol. The van der Waals surface area contributed by atoms with Crippen molar-refractivity contribution in [2.75, 3.05) is 31.7 Å². The van der Waals surface area contributed by atoms with E-state index in [1.807, 2.05) is 0 Å². The first-order chi connectivity index (χ1) is 18.7. The van der Waals surface area contributed by atoms with E-state index >= 15 is 8.78 Å². The molecule has 15 heteroatoms. The Bertz CT molecular complexity index is 1250. The zero-order chi connectivity index (χ0) is 29.5. The lowest BCUT2D eigenvalue weighted by Crippen LogP contribution is -2.60. The summed E-state index contributed by atoms with van der Waals surface area (Å²) < 4.78 is 115. The van der Waals surface area contributed by atoms with E-state index in [0.29, 0.717) is 0 Å². The highest BCUT2D eigenvalue weighted by Crippen LogP contribution is 2.41. The zero-order valence-electron chi connectivity index (χ0n) is 21.7. The van der Waals surface area contributed by atoms with Crippen LogP contribution in [0.4, 0.5) is 36.6 Å². The molecule has 0 aliphatic carbocycles. The topological polar surface area (TPSA) is 94.6 Å². The quantitative estimate of drug-likeness (QED) is 0.420. The van der Waals surface area contributed by atoms with Crippen LogP contribution >= 0.6 is 0 Å². The number of aromatic nitrogens is 2. The van der Waals surface area contributed by atoms with Crippen molar-refractivity contribution in [3.63, 3.8) is 0 Å². The molecule has 3 heterocycles. The Hall–Kier alpha value is -3.04. The van der Waals surface area contributed by atoms with Gasteiger partial charge in [0.2, 0.25) is 6.17 Å². The van der Waals surface area contributed by atoms with Crippen molar-refractivity contribution in [2.45, 2.75) is 63.3 Å². The van der Waals surface area contributed by atoms with Crippen LogP contribution in [0, 0.1) is 12.7 Å². The average molecular weight is 581 g/mol. The van der Waals surface area contributed by atoms with Gasteiger partial charge >= 0.3 is 6.18 Å². The number of nitrogens with zero attached hydrogens (tertiary/aromatic N) is 2. The van der Waals surface area contributed by atoms with Crippen molar-refractivity contribution in [2.24, 2.45) is 0 Å². The van der Waals surface area contributed by atoms with Gasteiger partial charge in [0.15, 0.2) is 11.8 Å². The molecule has 1 amide bonds. The number of amides is 1. The third kappa shape index (κ3) is 5.72. The number of nitrogens with one attached hydrogen (secondary N) is 2. The molecule has 0 bridgehead atoms. The molecule has 40 heavy (non-hydrogen) atoms. The monoisotopic (exact) mass is 580 g/mol. The second-order valence-electron chi connectivity index (χ2n) is 9.99. The summed E-state index contributed by atoms with van der Waals surface area (Å²) in [6, 6.07) is 3.46. The molecular formula is C25H27F7N4O4. The molecule has 2 fully saturated rings. The van der Waals surface area contributed by atoms with E-state index in [-0.39, 0.29) is 42.6 Å². The maximum Gasteiger partial charge on any atom is 0.413 e. The molecule has 1 aromatic heterocycles. The van der Waals surface area contributed by atoms with Crippen LogP contribution in [0.3, 0.4) is 0 Å². The van der Waals surface area contributed by atoms with Gasteiger partial charge in [-0.15, -0.1) is 0 Å². The zero-order valence-corrected chi connectivity index (χ0v) is 21.7. The Morgan fingerprint density at radius 1 is 1.10 bits per heavy atom. The minimum Gasteiger partial charge on any atom is -0.379 e. The lowest BCUT2D eigenvalue weighted by atomic mass is 9.91. The standard InChI is InChI=1S/C25H27F7N4O4/c1-12-33-18(17(27)21(37)36-24(25(30,31)32)7-8-38-11-24)15(22-39-9-10-40-22)20(34-12)35-23(2,3)14-6-4-5-13(16(14)26)19(28)29/h4-6,17,19,22H,7-11H2,1-3H3,(H,36,37)(H,33,34,35)/t17?,24-/m1/s1. The molecule has 0 spiro atoms. The van der Waals surface area contributed by atoms with Gasteiger partial charge in [-0.3, -0.25) is 4.79 Å². The Labute approximate surface area is 224 Å². The van der Waals surface area contributed by atoms with E-state index in [9.17, 15) is 26.7 Å². The highest BCUT2D eigenvalue weighted by Gasteiger charge is 2.58. The molecule has 2 saturated heterocycles. The van der Waals surface area contributed by atoms with E-state index in [4.69, 9.17) is 14.2 Å². The summed E-state index contributed by atoms with van der Waals surface area (Å²) in [4.78, 5) is 21.1. The number of aryl methyl sites for hydroxylation is 1. The number of hydrogen-bond acceptors (Lipinski definition) is 7. The SMILES string of the molecule is Cc1nc(NC(C)(C)c2cccc(C(F)F)c2F)c(C2OCCO2)c(C(F)C(=O)N[C@]2(C(F)(F)F)CCOC2)n1. The molecule has 2 aromatic rings. The van der Waals surface area contributed by atoms with E-state index in [0.717, 1.165) is 6.07 Å². The molecule has 1 unspecified atom stereocenters. The minimum absolute atomic E-state index is 0.0591. The van der Waals surface area contributed by atoms with E-state index in [1.165, 1.54) is 32.9 Å². The Morgan fingerprint density at radius 2 is 1.77 bits per heavy atom. The Morgan fingerprint density at radius 3 is 2.35 bits per heavy atom. The van der Waals surface area contributed by atoms with Crippen LogP contribution in [0.25, 0.3) is 0 Å². The summed E-state index contributed by atoms with van der Waals surface area (Å²) >= 11 is 0. The first-order valence-electron chi connectivity index (χ1n) is 12.2. The summed E-state index contributed by atoms with van der Waals surface area (Å²) in [6.45, 7) is 3.18. The fraction of sp³-hybridized carbons (Fsp3) is 0.560. The smallest absolute Gasteiger partial charge is 0.379 e. The predicted molar refractivity (Wildman–Crippen MR) is 126 cm³/mol. The number of ether oxygens (including phenoxy) is 3. The van der Waals surface area contributed by atoms with Crippen molar-refractivity contribution in [3.8, 4) is 0 Å². The molecule has 2 atom stereocenters. The van der Waals surface area contributed by atoms with Crippen molar-refractivity contribution < 1.29 is 49.7 Å². The molecule has 0 saturated carbocycles. The molecule has 4 rings (SSSR count). The summed E-state index contributed by atoms with van der Waals surface area (Å²) in [7, 11) is 0. The third-order valence-corrected chi connectivity index (χ3v) is 6.71. The van der Waals surface area contributed by atoms with Gasteiger partial charge in [0.1, 0.15) is 17.5 Å². The number of carbonyl (C=O) groups excluding carboxylic acids is 1. The van der Waals surface area contributed by atoms with E-state index in [2.05, 4.69) is 15.3 Å². The van der Waals surface area contributed by atoms with Gasteiger partial charge in [0.05, 0.1) is 42.2 Å². The molecule has 2 aliphatic heterocycles. The van der Waals surface area contributed by atoms with Crippen LogP contribution in [0.15, 0.2) is 18.2 Å². The van der Waals surface area contributed by atoms with Crippen molar-refractivity contribution in [1.82, 2.24) is 15.3 Å². The van der Waals surface area contributed by atoms with Gasteiger partial charge in [-0.25, -0.2) is 27.5 Å². The number of alkyl halides is 6. The molecule has 0 radical (unpaired) electrons. The number of hydrogen-bond donors (Lipinski definition) is 2. The van der Waals surface area contributed by atoms with Crippen LogP contribution in [-0.4, -0.2) is 54.0 Å². The molecule has 1 aromatic carbocycles. The van der Waals surface area contributed by atoms with Crippen LogP contribution < -0.4 is 10.6 Å². The Kier molecular flexibility index (Phi) is 8.30.